The molecule has 3 fully saturated rings. The van der Waals surface area contributed by atoms with Crippen LogP contribution in [0.4, 0.5) is 0 Å². The van der Waals surface area contributed by atoms with E-state index >= 15 is 0 Å². The summed E-state index contributed by atoms with van der Waals surface area (Å²) in [5.74, 6) is 1.89. The number of carbonyl (C=O) groups excluding carboxylic acids is 1. The summed E-state index contributed by atoms with van der Waals surface area (Å²) in [5, 5.41) is 22.7. The van der Waals surface area contributed by atoms with Crippen LogP contribution in [0.1, 0.15) is 72.1 Å². The zero-order chi connectivity index (χ0) is 17.3. The van der Waals surface area contributed by atoms with Crippen LogP contribution in [0.5, 0.6) is 0 Å². The molecule has 0 aromatic heterocycles. The van der Waals surface area contributed by atoms with Crippen LogP contribution in [0.15, 0.2) is 11.6 Å². The first-order chi connectivity index (χ1) is 11.2. The minimum absolute atomic E-state index is 0.149. The molecule has 0 aliphatic heterocycles. The van der Waals surface area contributed by atoms with E-state index in [-0.39, 0.29) is 17.1 Å². The van der Waals surface area contributed by atoms with Gasteiger partial charge in [-0.05, 0) is 88.5 Å². The van der Waals surface area contributed by atoms with E-state index in [9.17, 15) is 15.0 Å². The topological polar surface area (TPSA) is 57.5 Å². The van der Waals surface area contributed by atoms with Gasteiger partial charge in [0.15, 0.2) is 5.78 Å². The predicted molar refractivity (Wildman–Crippen MR) is 93.3 cm³/mol. The van der Waals surface area contributed by atoms with Crippen LogP contribution in [0.3, 0.4) is 0 Å². The summed E-state index contributed by atoms with van der Waals surface area (Å²) >= 11 is 0. The monoisotopic (exact) mass is 332 g/mol. The number of allylic oxidation sites excluding steroid dienone is 1. The summed E-state index contributed by atoms with van der Waals surface area (Å²) in [6.07, 6.45) is 9.08. The maximum absolute atomic E-state index is 11.8. The highest BCUT2D eigenvalue weighted by Gasteiger charge is 2.67. The number of fused-ring (bicyclic) bond motifs is 5. The van der Waals surface area contributed by atoms with E-state index in [0.29, 0.717) is 30.6 Å². The maximum atomic E-state index is 11.8. The Morgan fingerprint density at radius 3 is 2.62 bits per heavy atom. The van der Waals surface area contributed by atoms with Crippen LogP contribution in [-0.4, -0.2) is 27.2 Å². The first kappa shape index (κ1) is 16.8. The first-order valence-corrected chi connectivity index (χ1v) is 9.90. The molecule has 2 N–H and O–H groups in total. The summed E-state index contributed by atoms with van der Waals surface area (Å²) in [4.78, 5) is 11.8. The molecule has 0 spiro atoms. The van der Waals surface area contributed by atoms with Gasteiger partial charge in [0, 0.05) is 11.8 Å². The molecule has 0 saturated heterocycles. The molecule has 0 bridgehead atoms. The third-order valence-electron chi connectivity index (χ3n) is 8.45. The van der Waals surface area contributed by atoms with E-state index in [0.717, 1.165) is 38.5 Å². The molecule has 0 aromatic carbocycles. The van der Waals surface area contributed by atoms with Crippen molar-refractivity contribution in [2.75, 3.05) is 0 Å². The zero-order valence-electron chi connectivity index (χ0n) is 15.3. The summed E-state index contributed by atoms with van der Waals surface area (Å²) in [6, 6.07) is 0. The van der Waals surface area contributed by atoms with Gasteiger partial charge in [-0.2, -0.15) is 0 Å². The highest BCUT2D eigenvalue weighted by Crippen LogP contribution is 2.68. The van der Waals surface area contributed by atoms with Crippen LogP contribution in [0.2, 0.25) is 0 Å². The van der Waals surface area contributed by atoms with Gasteiger partial charge in [0.05, 0.1) is 11.2 Å². The summed E-state index contributed by atoms with van der Waals surface area (Å²) in [5.41, 5.74) is -0.277. The minimum Gasteiger partial charge on any atom is -0.390 e. The number of ketones is 1. The van der Waals surface area contributed by atoms with E-state index in [1.807, 2.05) is 19.9 Å². The van der Waals surface area contributed by atoms with Crippen molar-refractivity contribution in [3.05, 3.63) is 11.6 Å². The molecule has 3 heteroatoms. The van der Waals surface area contributed by atoms with Crippen LogP contribution in [0, 0.1) is 29.1 Å². The summed E-state index contributed by atoms with van der Waals surface area (Å²) in [6.45, 7) is 6.20. The predicted octanol–water partition coefficient (Wildman–Crippen LogP) is 3.63. The lowest BCUT2D eigenvalue weighted by Gasteiger charge is -2.61. The first-order valence-electron chi connectivity index (χ1n) is 9.90. The number of hydrogen-bond acceptors (Lipinski definition) is 3. The second kappa shape index (κ2) is 5.17. The minimum atomic E-state index is -0.754. The van der Waals surface area contributed by atoms with Crippen molar-refractivity contribution in [2.45, 2.75) is 83.3 Å². The van der Waals surface area contributed by atoms with Crippen LogP contribution in [0.25, 0.3) is 0 Å². The zero-order valence-corrected chi connectivity index (χ0v) is 15.3. The Balaban J connectivity index is 1.77. The Kier molecular flexibility index (Phi) is 3.61. The molecule has 0 radical (unpaired) electrons. The van der Waals surface area contributed by atoms with E-state index < -0.39 is 11.2 Å². The largest absolute Gasteiger partial charge is 0.390 e. The molecule has 7 atom stereocenters. The lowest BCUT2D eigenvalue weighted by atomic mass is 9.45. The molecule has 3 saturated carbocycles. The quantitative estimate of drug-likeness (QED) is 0.771. The third-order valence-corrected chi connectivity index (χ3v) is 8.45. The molecular formula is C21H32O3. The van der Waals surface area contributed by atoms with Gasteiger partial charge in [-0.25, -0.2) is 0 Å². The van der Waals surface area contributed by atoms with Crippen molar-refractivity contribution in [2.24, 2.45) is 29.1 Å². The van der Waals surface area contributed by atoms with Crippen molar-refractivity contribution < 1.29 is 15.0 Å². The molecule has 4 aliphatic carbocycles. The lowest BCUT2D eigenvalue weighted by Crippen LogP contribution is -2.62. The fraction of sp³-hybridized carbons (Fsp3) is 0.857. The third kappa shape index (κ3) is 2.07. The normalized spacial score (nSPS) is 53.9. The Morgan fingerprint density at radius 1 is 1.17 bits per heavy atom. The number of hydrogen-bond donors (Lipinski definition) is 2. The standard InChI is InChI=1S/C21H32O3/c1-4-21-12-19(2,23)18-15-8-6-14(22)11-13(15)5-7-16(18)17(21)9-10-20(21,3)24/h11,15-18,23-24H,4-10,12H2,1-3H3/t15?,16?,17?,18?,19-,20-,21-/m0/s1. The summed E-state index contributed by atoms with van der Waals surface area (Å²) < 4.78 is 0. The van der Waals surface area contributed by atoms with Gasteiger partial charge in [-0.1, -0.05) is 12.5 Å². The maximum Gasteiger partial charge on any atom is 0.155 e. The van der Waals surface area contributed by atoms with Crippen molar-refractivity contribution in [3.63, 3.8) is 0 Å². The molecule has 134 valence electrons. The average Bonchev–Trinajstić information content (AvgIpc) is 2.77. The average molecular weight is 332 g/mol. The van der Waals surface area contributed by atoms with Gasteiger partial charge in [0.1, 0.15) is 0 Å². The Labute approximate surface area is 145 Å². The van der Waals surface area contributed by atoms with Gasteiger partial charge in [0.25, 0.3) is 0 Å². The molecule has 4 aliphatic rings. The van der Waals surface area contributed by atoms with E-state index in [1.54, 1.807) is 0 Å². The van der Waals surface area contributed by atoms with E-state index in [1.165, 1.54) is 5.57 Å². The number of aliphatic hydroxyl groups is 2. The van der Waals surface area contributed by atoms with Gasteiger partial charge < -0.3 is 10.2 Å². The van der Waals surface area contributed by atoms with Crippen LogP contribution < -0.4 is 0 Å². The van der Waals surface area contributed by atoms with Crippen LogP contribution >= 0.6 is 0 Å². The molecule has 4 unspecified atom stereocenters. The second-order valence-corrected chi connectivity index (χ2v) is 9.52. The van der Waals surface area contributed by atoms with Crippen molar-refractivity contribution in [1.29, 1.82) is 0 Å². The van der Waals surface area contributed by atoms with Gasteiger partial charge >= 0.3 is 0 Å². The number of carbonyl (C=O) groups is 1. The lowest BCUT2D eigenvalue weighted by molar-refractivity contribution is -0.200. The van der Waals surface area contributed by atoms with Crippen molar-refractivity contribution in [3.8, 4) is 0 Å². The van der Waals surface area contributed by atoms with Gasteiger partial charge in [-0.15, -0.1) is 0 Å². The Morgan fingerprint density at radius 2 is 1.92 bits per heavy atom. The highest BCUT2D eigenvalue weighted by molar-refractivity contribution is 5.91. The van der Waals surface area contributed by atoms with Gasteiger partial charge in [0.2, 0.25) is 0 Å². The molecule has 0 aromatic rings. The molecule has 4 rings (SSSR count). The SMILES string of the molecule is CC[C@]12C[C@](C)(O)C3C4CCC(=O)C=C4CCC3C1CC[C@]2(C)O. The fourth-order valence-corrected chi connectivity index (χ4v) is 7.53. The Hall–Kier alpha value is -0.670. The number of rotatable bonds is 1. The van der Waals surface area contributed by atoms with Crippen molar-refractivity contribution in [1.82, 2.24) is 0 Å². The molecular weight excluding hydrogens is 300 g/mol. The Bertz CT molecular complexity index is 588. The highest BCUT2D eigenvalue weighted by atomic mass is 16.3. The van der Waals surface area contributed by atoms with Gasteiger partial charge in [-0.3, -0.25) is 4.79 Å². The molecule has 3 nitrogen and oxygen atoms in total. The smallest absolute Gasteiger partial charge is 0.155 e. The fourth-order valence-electron chi connectivity index (χ4n) is 7.53. The second-order valence-electron chi connectivity index (χ2n) is 9.52. The van der Waals surface area contributed by atoms with E-state index in [4.69, 9.17) is 0 Å². The van der Waals surface area contributed by atoms with E-state index in [2.05, 4.69) is 6.92 Å². The molecule has 24 heavy (non-hydrogen) atoms. The van der Waals surface area contributed by atoms with Crippen molar-refractivity contribution >= 4 is 5.78 Å². The van der Waals surface area contributed by atoms with Crippen LogP contribution in [-0.2, 0) is 4.79 Å². The molecule has 0 heterocycles. The molecule has 0 amide bonds. The summed E-state index contributed by atoms with van der Waals surface area (Å²) in [7, 11) is 0.